The van der Waals surface area contributed by atoms with Gasteiger partial charge in [-0.1, -0.05) is 60.7 Å². The fraction of sp³-hybridized carbons (Fsp3) is 0.571. The molecule has 0 aliphatic rings. The summed E-state index contributed by atoms with van der Waals surface area (Å²) in [6.45, 7) is 6.80. The SMILES string of the molecule is OCCOCCOCCOCCOCCOCCOCCOCCO.c1ccc(-c2ccccc2)cc1. The summed E-state index contributed by atoms with van der Waals surface area (Å²) in [6, 6.07) is 20.8. The minimum atomic E-state index is 0.0312. The summed E-state index contributed by atoms with van der Waals surface area (Å²) in [6.07, 6.45) is 0. The Hall–Kier alpha value is -1.92. The lowest BCUT2D eigenvalue weighted by Crippen LogP contribution is -2.14. The van der Waals surface area contributed by atoms with Gasteiger partial charge in [-0.3, -0.25) is 0 Å². The Balaban J connectivity index is 0.000000466. The minimum Gasteiger partial charge on any atom is -0.394 e. The van der Waals surface area contributed by atoms with Gasteiger partial charge in [-0.25, -0.2) is 0 Å². The molecule has 0 saturated heterocycles. The summed E-state index contributed by atoms with van der Waals surface area (Å²) >= 11 is 0. The fourth-order valence-corrected chi connectivity index (χ4v) is 2.81. The maximum atomic E-state index is 8.50. The first kappa shape index (κ1) is 33.1. The van der Waals surface area contributed by atoms with Crippen molar-refractivity contribution >= 4 is 0 Å². The average molecular weight is 525 g/mol. The Labute approximate surface area is 221 Å². The van der Waals surface area contributed by atoms with Crippen molar-refractivity contribution in [2.24, 2.45) is 0 Å². The summed E-state index contributed by atoms with van der Waals surface area (Å²) in [4.78, 5) is 0. The lowest BCUT2D eigenvalue weighted by molar-refractivity contribution is -0.0223. The van der Waals surface area contributed by atoms with Gasteiger partial charge < -0.3 is 43.4 Å². The summed E-state index contributed by atoms with van der Waals surface area (Å²) in [5, 5.41) is 17.0. The van der Waals surface area contributed by atoms with Crippen molar-refractivity contribution in [3.05, 3.63) is 60.7 Å². The molecule has 0 atom stereocenters. The van der Waals surface area contributed by atoms with E-state index in [4.69, 9.17) is 43.4 Å². The quantitative estimate of drug-likeness (QED) is 0.212. The highest BCUT2D eigenvalue weighted by atomic mass is 16.6. The Morgan fingerprint density at radius 2 is 0.541 bits per heavy atom. The van der Waals surface area contributed by atoms with E-state index >= 15 is 0 Å². The van der Waals surface area contributed by atoms with Crippen molar-refractivity contribution in [1.29, 1.82) is 0 Å². The molecular weight excluding hydrogens is 480 g/mol. The van der Waals surface area contributed by atoms with Crippen LogP contribution in [0, 0.1) is 0 Å². The zero-order chi connectivity index (χ0) is 26.5. The van der Waals surface area contributed by atoms with Gasteiger partial charge in [0.25, 0.3) is 0 Å². The van der Waals surface area contributed by atoms with Crippen LogP contribution in [0.3, 0.4) is 0 Å². The molecule has 9 heteroatoms. The molecule has 2 aromatic carbocycles. The van der Waals surface area contributed by atoms with Gasteiger partial charge in [0, 0.05) is 0 Å². The van der Waals surface area contributed by atoms with Gasteiger partial charge in [0.1, 0.15) is 0 Å². The molecule has 2 N–H and O–H groups in total. The zero-order valence-electron chi connectivity index (χ0n) is 21.8. The molecule has 9 nitrogen and oxygen atoms in total. The first-order valence-corrected chi connectivity index (χ1v) is 12.7. The predicted molar refractivity (Wildman–Crippen MR) is 142 cm³/mol. The molecule has 37 heavy (non-hydrogen) atoms. The lowest BCUT2D eigenvalue weighted by atomic mass is 10.1. The predicted octanol–water partition coefficient (Wildman–Crippen LogP) is 2.44. The molecule has 0 aliphatic carbocycles. The molecule has 0 spiro atoms. The maximum Gasteiger partial charge on any atom is 0.0701 e. The summed E-state index contributed by atoms with van der Waals surface area (Å²) < 4.78 is 36.7. The molecule has 0 radical (unpaired) electrons. The van der Waals surface area contributed by atoms with Gasteiger partial charge in [-0.2, -0.15) is 0 Å². The molecule has 210 valence electrons. The molecule has 2 rings (SSSR count). The van der Waals surface area contributed by atoms with Crippen molar-refractivity contribution in [3.63, 3.8) is 0 Å². The standard InChI is InChI=1S/C16H34O9.C12H10/c17-1-3-19-5-7-21-9-11-23-13-15-25-16-14-24-12-10-22-8-6-20-4-2-18;1-3-7-11(8-4-1)12-9-5-2-6-10-12/h17-18H,1-16H2;1-10H. The highest BCUT2D eigenvalue weighted by Gasteiger charge is 1.95. The maximum absolute atomic E-state index is 8.50. The van der Waals surface area contributed by atoms with E-state index in [0.717, 1.165) is 0 Å². The molecule has 0 saturated carbocycles. The number of benzene rings is 2. The van der Waals surface area contributed by atoms with Crippen LogP contribution in [0.1, 0.15) is 0 Å². The molecule has 0 heterocycles. The number of aliphatic hydroxyl groups excluding tert-OH is 2. The van der Waals surface area contributed by atoms with E-state index in [1.807, 2.05) is 12.1 Å². The number of hydrogen-bond acceptors (Lipinski definition) is 9. The summed E-state index contributed by atoms with van der Waals surface area (Å²) in [7, 11) is 0. The highest BCUT2D eigenvalue weighted by Crippen LogP contribution is 2.17. The van der Waals surface area contributed by atoms with E-state index in [2.05, 4.69) is 48.5 Å². The van der Waals surface area contributed by atoms with E-state index in [0.29, 0.717) is 92.5 Å². The topological polar surface area (TPSA) is 105 Å². The van der Waals surface area contributed by atoms with Gasteiger partial charge in [0.05, 0.1) is 106 Å². The lowest BCUT2D eigenvalue weighted by Gasteiger charge is -2.08. The van der Waals surface area contributed by atoms with E-state index < -0.39 is 0 Å². The second-order valence-electron chi connectivity index (χ2n) is 7.47. The smallest absolute Gasteiger partial charge is 0.0701 e. The van der Waals surface area contributed by atoms with Crippen molar-refractivity contribution in [2.75, 3.05) is 106 Å². The Bertz CT molecular complexity index is 629. The Morgan fingerprint density at radius 1 is 0.324 bits per heavy atom. The van der Waals surface area contributed by atoms with Gasteiger partial charge >= 0.3 is 0 Å². The van der Waals surface area contributed by atoms with Crippen LogP contribution in [-0.4, -0.2) is 116 Å². The zero-order valence-corrected chi connectivity index (χ0v) is 21.8. The third kappa shape index (κ3) is 21.8. The van der Waals surface area contributed by atoms with E-state index in [1.165, 1.54) is 11.1 Å². The van der Waals surface area contributed by atoms with E-state index in [1.54, 1.807) is 0 Å². The second kappa shape index (κ2) is 27.1. The summed E-state index contributed by atoms with van der Waals surface area (Å²) in [5.74, 6) is 0. The largest absolute Gasteiger partial charge is 0.394 e. The van der Waals surface area contributed by atoms with Crippen LogP contribution in [0.25, 0.3) is 11.1 Å². The van der Waals surface area contributed by atoms with E-state index in [-0.39, 0.29) is 13.2 Å². The number of hydrogen-bond donors (Lipinski definition) is 2. The third-order valence-corrected chi connectivity index (χ3v) is 4.58. The molecule has 0 aliphatic heterocycles. The van der Waals surface area contributed by atoms with Gasteiger partial charge in [-0.15, -0.1) is 0 Å². The van der Waals surface area contributed by atoms with Gasteiger partial charge in [-0.05, 0) is 11.1 Å². The van der Waals surface area contributed by atoms with Crippen LogP contribution in [0.2, 0.25) is 0 Å². The Morgan fingerprint density at radius 3 is 0.757 bits per heavy atom. The molecule has 0 aromatic heterocycles. The van der Waals surface area contributed by atoms with Crippen molar-refractivity contribution in [2.45, 2.75) is 0 Å². The normalized spacial score (nSPS) is 10.8. The second-order valence-corrected chi connectivity index (χ2v) is 7.47. The monoisotopic (exact) mass is 524 g/mol. The van der Waals surface area contributed by atoms with Crippen LogP contribution < -0.4 is 0 Å². The van der Waals surface area contributed by atoms with Crippen LogP contribution in [-0.2, 0) is 33.2 Å². The van der Waals surface area contributed by atoms with Gasteiger partial charge in [0.15, 0.2) is 0 Å². The van der Waals surface area contributed by atoms with Crippen LogP contribution >= 0.6 is 0 Å². The molecular formula is C28H44O9. The highest BCUT2D eigenvalue weighted by molar-refractivity contribution is 5.62. The fourth-order valence-electron chi connectivity index (χ4n) is 2.81. The first-order chi connectivity index (χ1) is 18.4. The third-order valence-electron chi connectivity index (χ3n) is 4.58. The van der Waals surface area contributed by atoms with Crippen LogP contribution in [0.5, 0.6) is 0 Å². The molecule has 0 unspecified atom stereocenters. The van der Waals surface area contributed by atoms with Crippen molar-refractivity contribution in [1.82, 2.24) is 0 Å². The van der Waals surface area contributed by atoms with E-state index in [9.17, 15) is 0 Å². The number of aliphatic hydroxyl groups is 2. The molecule has 0 fully saturated rings. The van der Waals surface area contributed by atoms with Gasteiger partial charge in [0.2, 0.25) is 0 Å². The summed E-state index contributed by atoms with van der Waals surface area (Å²) in [5.41, 5.74) is 2.55. The first-order valence-electron chi connectivity index (χ1n) is 12.7. The van der Waals surface area contributed by atoms with Crippen molar-refractivity contribution in [3.8, 4) is 11.1 Å². The number of ether oxygens (including phenoxy) is 7. The Kier molecular flexibility index (Phi) is 24.3. The molecule has 2 aromatic rings. The average Bonchev–Trinajstić information content (AvgIpc) is 2.95. The van der Waals surface area contributed by atoms with Crippen LogP contribution in [0.4, 0.5) is 0 Å². The minimum absolute atomic E-state index is 0.0312. The van der Waals surface area contributed by atoms with Crippen molar-refractivity contribution < 1.29 is 43.4 Å². The number of rotatable bonds is 23. The molecule has 0 amide bonds. The van der Waals surface area contributed by atoms with Crippen LogP contribution in [0.15, 0.2) is 60.7 Å². The molecule has 0 bridgehead atoms.